The van der Waals surface area contributed by atoms with Crippen LogP contribution in [0.15, 0.2) is 53.7 Å². The highest BCUT2D eigenvalue weighted by Gasteiger charge is 2.24. The van der Waals surface area contributed by atoms with E-state index in [1.54, 1.807) is 34.5 Å². The van der Waals surface area contributed by atoms with E-state index in [4.69, 9.17) is 5.73 Å². The Morgan fingerprint density at radius 2 is 1.97 bits per heavy atom. The van der Waals surface area contributed by atoms with Crippen LogP contribution in [-0.4, -0.2) is 33.5 Å². The number of nitrogen functional groups attached to an aromatic ring is 1. The van der Waals surface area contributed by atoms with Crippen molar-refractivity contribution in [2.45, 2.75) is 30.7 Å². The fraction of sp³-hybridized carbons (Fsp3) is 0.227. The van der Waals surface area contributed by atoms with Gasteiger partial charge in [-0.1, -0.05) is 18.2 Å². The minimum absolute atomic E-state index is 0.0994. The number of carbonyl (C=O) groups excluding carboxylic acids is 2. The molecule has 0 bridgehead atoms. The van der Waals surface area contributed by atoms with E-state index in [2.05, 4.69) is 10.3 Å². The SMILES string of the molecule is CSc1cccc(C(=O)c2ncn(-c3cc(C(=O)NC4CC4)ccc3C)c2N)c1. The molecule has 1 fully saturated rings. The third-order valence-corrected chi connectivity index (χ3v) is 5.72. The van der Waals surface area contributed by atoms with Gasteiger partial charge in [-0.2, -0.15) is 0 Å². The lowest BCUT2D eigenvalue weighted by atomic mass is 10.1. The summed E-state index contributed by atoms with van der Waals surface area (Å²) >= 11 is 1.57. The maximum Gasteiger partial charge on any atom is 0.251 e. The summed E-state index contributed by atoms with van der Waals surface area (Å²) in [5.74, 6) is -0.0672. The molecule has 0 unspecified atom stereocenters. The van der Waals surface area contributed by atoms with Gasteiger partial charge in [0.25, 0.3) is 5.91 Å². The summed E-state index contributed by atoms with van der Waals surface area (Å²) in [4.78, 5) is 30.6. The number of thioether (sulfide) groups is 1. The third kappa shape index (κ3) is 3.91. The molecule has 1 amide bonds. The first-order chi connectivity index (χ1) is 14.0. The molecule has 1 aliphatic rings. The Balaban J connectivity index is 1.67. The summed E-state index contributed by atoms with van der Waals surface area (Å²) in [5, 5.41) is 2.99. The lowest BCUT2D eigenvalue weighted by Gasteiger charge is -2.12. The summed E-state index contributed by atoms with van der Waals surface area (Å²) in [6, 6.07) is 13.1. The Kier molecular flexibility index (Phi) is 5.15. The van der Waals surface area contributed by atoms with E-state index in [1.807, 2.05) is 37.4 Å². The van der Waals surface area contributed by atoms with Gasteiger partial charge in [0.05, 0.1) is 5.69 Å². The van der Waals surface area contributed by atoms with E-state index >= 15 is 0 Å². The maximum atomic E-state index is 12.9. The number of nitrogens with zero attached hydrogens (tertiary/aromatic N) is 2. The fourth-order valence-electron chi connectivity index (χ4n) is 3.13. The summed E-state index contributed by atoms with van der Waals surface area (Å²) in [5.41, 5.74) is 9.28. The minimum Gasteiger partial charge on any atom is -0.383 e. The molecule has 0 aliphatic heterocycles. The molecule has 0 saturated heterocycles. The molecule has 2 aromatic carbocycles. The average molecular weight is 407 g/mol. The summed E-state index contributed by atoms with van der Waals surface area (Å²) in [7, 11) is 0. The molecule has 1 saturated carbocycles. The first kappa shape index (κ1) is 19.3. The van der Waals surface area contributed by atoms with Crippen LogP contribution >= 0.6 is 11.8 Å². The number of rotatable bonds is 6. The van der Waals surface area contributed by atoms with Gasteiger partial charge in [0.1, 0.15) is 12.1 Å². The second kappa shape index (κ2) is 7.75. The third-order valence-electron chi connectivity index (χ3n) is 4.99. The second-order valence-electron chi connectivity index (χ2n) is 7.16. The lowest BCUT2D eigenvalue weighted by Crippen LogP contribution is -2.25. The highest BCUT2D eigenvalue weighted by atomic mass is 32.2. The number of imidazole rings is 1. The summed E-state index contributed by atoms with van der Waals surface area (Å²) in [6.07, 6.45) is 5.55. The number of hydrogen-bond donors (Lipinski definition) is 2. The van der Waals surface area contributed by atoms with Crippen molar-refractivity contribution >= 4 is 29.3 Å². The Hall–Kier alpha value is -3.06. The fourth-order valence-corrected chi connectivity index (χ4v) is 3.59. The van der Waals surface area contributed by atoms with E-state index in [0.717, 1.165) is 29.0 Å². The van der Waals surface area contributed by atoms with E-state index in [-0.39, 0.29) is 29.2 Å². The van der Waals surface area contributed by atoms with E-state index < -0.39 is 0 Å². The van der Waals surface area contributed by atoms with Gasteiger partial charge in [-0.25, -0.2) is 4.98 Å². The smallest absolute Gasteiger partial charge is 0.251 e. The van der Waals surface area contributed by atoms with Crippen LogP contribution in [0.2, 0.25) is 0 Å². The Labute approximate surface area is 173 Å². The number of benzene rings is 2. The number of aryl methyl sites for hydroxylation is 1. The van der Waals surface area contributed by atoms with Gasteiger partial charge >= 0.3 is 0 Å². The van der Waals surface area contributed by atoms with Gasteiger partial charge < -0.3 is 11.1 Å². The van der Waals surface area contributed by atoms with Gasteiger partial charge in [0.2, 0.25) is 5.78 Å². The number of hydrogen-bond acceptors (Lipinski definition) is 5. The zero-order valence-electron chi connectivity index (χ0n) is 16.3. The number of nitrogens with two attached hydrogens (primary N) is 1. The Bertz CT molecular complexity index is 1100. The van der Waals surface area contributed by atoms with Crippen molar-refractivity contribution in [3.05, 3.63) is 71.2 Å². The number of carbonyl (C=O) groups is 2. The Morgan fingerprint density at radius 3 is 2.69 bits per heavy atom. The molecule has 29 heavy (non-hydrogen) atoms. The Morgan fingerprint density at radius 1 is 1.17 bits per heavy atom. The van der Waals surface area contributed by atoms with Crippen molar-refractivity contribution in [1.82, 2.24) is 14.9 Å². The standard InChI is InChI=1S/C22H22N4O2S/c1-13-6-7-15(22(28)25-16-8-9-16)11-18(13)26-12-24-19(21(26)23)20(27)14-4-3-5-17(10-14)29-2/h3-7,10-12,16H,8-9,23H2,1-2H3,(H,25,28). The van der Waals surface area contributed by atoms with Crippen LogP contribution in [-0.2, 0) is 0 Å². The molecular weight excluding hydrogens is 384 g/mol. The quantitative estimate of drug-likeness (QED) is 0.482. The molecular formula is C22H22N4O2S. The number of ketones is 1. The number of amides is 1. The van der Waals surface area contributed by atoms with Gasteiger partial charge in [-0.05, 0) is 55.9 Å². The number of aromatic nitrogens is 2. The summed E-state index contributed by atoms with van der Waals surface area (Å²) in [6.45, 7) is 1.93. The van der Waals surface area contributed by atoms with Crippen LogP contribution < -0.4 is 11.1 Å². The molecule has 1 heterocycles. The molecule has 6 nitrogen and oxygen atoms in total. The molecule has 1 aliphatic carbocycles. The van der Waals surface area contributed by atoms with Crippen molar-refractivity contribution in [2.75, 3.05) is 12.0 Å². The van der Waals surface area contributed by atoms with Crippen molar-refractivity contribution in [2.24, 2.45) is 0 Å². The van der Waals surface area contributed by atoms with Crippen molar-refractivity contribution in [3.8, 4) is 5.69 Å². The molecule has 3 N–H and O–H groups in total. The number of anilines is 1. The van der Waals surface area contributed by atoms with Gasteiger partial charge in [0.15, 0.2) is 5.69 Å². The van der Waals surface area contributed by atoms with Crippen LogP contribution in [0.4, 0.5) is 5.82 Å². The molecule has 0 spiro atoms. The highest BCUT2D eigenvalue weighted by molar-refractivity contribution is 7.98. The van der Waals surface area contributed by atoms with Crippen molar-refractivity contribution < 1.29 is 9.59 Å². The highest BCUT2D eigenvalue weighted by Crippen LogP contribution is 2.25. The molecule has 1 aromatic heterocycles. The van der Waals surface area contributed by atoms with E-state index in [0.29, 0.717) is 11.1 Å². The normalized spacial score (nSPS) is 13.3. The first-order valence-electron chi connectivity index (χ1n) is 9.41. The van der Waals surface area contributed by atoms with E-state index in [1.165, 1.54) is 6.33 Å². The van der Waals surface area contributed by atoms with Crippen molar-refractivity contribution in [1.29, 1.82) is 0 Å². The van der Waals surface area contributed by atoms with Crippen LogP contribution in [0, 0.1) is 6.92 Å². The largest absolute Gasteiger partial charge is 0.383 e. The van der Waals surface area contributed by atoms with Gasteiger partial charge in [-0.3, -0.25) is 14.2 Å². The molecule has 148 valence electrons. The van der Waals surface area contributed by atoms with Crippen LogP contribution in [0.5, 0.6) is 0 Å². The van der Waals surface area contributed by atoms with Gasteiger partial charge in [-0.15, -0.1) is 11.8 Å². The lowest BCUT2D eigenvalue weighted by molar-refractivity contribution is 0.0950. The van der Waals surface area contributed by atoms with Crippen LogP contribution in [0.3, 0.4) is 0 Å². The first-order valence-corrected chi connectivity index (χ1v) is 10.6. The summed E-state index contributed by atoms with van der Waals surface area (Å²) < 4.78 is 1.66. The predicted molar refractivity (Wildman–Crippen MR) is 115 cm³/mol. The molecule has 4 rings (SSSR count). The minimum atomic E-state index is -0.225. The average Bonchev–Trinajstić information content (AvgIpc) is 3.47. The zero-order chi connectivity index (χ0) is 20.5. The van der Waals surface area contributed by atoms with Crippen LogP contribution in [0.1, 0.15) is 44.8 Å². The molecule has 7 heteroatoms. The predicted octanol–water partition coefficient (Wildman–Crippen LogP) is 3.61. The maximum absolute atomic E-state index is 12.9. The molecule has 0 atom stereocenters. The molecule has 3 aromatic rings. The monoisotopic (exact) mass is 406 g/mol. The second-order valence-corrected chi connectivity index (χ2v) is 8.04. The molecule has 0 radical (unpaired) electrons. The zero-order valence-corrected chi connectivity index (χ0v) is 17.1. The van der Waals surface area contributed by atoms with Crippen LogP contribution in [0.25, 0.3) is 5.69 Å². The van der Waals surface area contributed by atoms with E-state index in [9.17, 15) is 9.59 Å². The number of nitrogens with one attached hydrogen (secondary N) is 1. The van der Waals surface area contributed by atoms with Gasteiger partial charge in [0, 0.05) is 22.1 Å². The van der Waals surface area contributed by atoms with Crippen molar-refractivity contribution in [3.63, 3.8) is 0 Å². The topological polar surface area (TPSA) is 90.0 Å².